The van der Waals surface area contributed by atoms with Crippen molar-refractivity contribution in [2.75, 3.05) is 6.61 Å². The van der Waals surface area contributed by atoms with Crippen LogP contribution in [0, 0.1) is 0 Å². The zero-order valence-electron chi connectivity index (χ0n) is 11.0. The van der Waals surface area contributed by atoms with E-state index in [1.165, 1.54) is 18.2 Å². The molecule has 1 heterocycles. The first kappa shape index (κ1) is 13.2. The molecule has 0 aromatic rings. The average molecular weight is 250 g/mol. The molecule has 1 aliphatic heterocycles. The molecule has 1 atom stereocenters. The van der Waals surface area contributed by atoms with Gasteiger partial charge in [-0.1, -0.05) is 0 Å². The fraction of sp³-hybridized carbons (Fsp3) is 0.571. The minimum atomic E-state index is -0.574. The Labute approximate surface area is 107 Å². The molecular weight excluding hydrogens is 232 g/mol. The third-order valence-electron chi connectivity index (χ3n) is 3.17. The van der Waals surface area contributed by atoms with Crippen LogP contribution in [0.1, 0.15) is 33.6 Å². The Morgan fingerprint density at radius 2 is 1.94 bits per heavy atom. The number of carbonyl (C=O) groups excluding carboxylic acids is 2. The van der Waals surface area contributed by atoms with Gasteiger partial charge in [0.05, 0.1) is 12.2 Å². The van der Waals surface area contributed by atoms with Gasteiger partial charge in [0.25, 0.3) is 0 Å². The van der Waals surface area contributed by atoms with Crippen LogP contribution in [-0.4, -0.2) is 29.6 Å². The van der Waals surface area contributed by atoms with Crippen LogP contribution >= 0.6 is 0 Å². The molecule has 0 bridgehead atoms. The molecule has 0 saturated carbocycles. The molecule has 0 aromatic heterocycles. The fourth-order valence-electron chi connectivity index (χ4n) is 2.25. The molecule has 2 rings (SSSR count). The molecule has 0 amide bonds. The summed E-state index contributed by atoms with van der Waals surface area (Å²) < 4.78 is 11.4. The zero-order valence-corrected chi connectivity index (χ0v) is 11.0. The van der Waals surface area contributed by atoms with E-state index < -0.39 is 11.4 Å². The van der Waals surface area contributed by atoms with Crippen LogP contribution in [0.15, 0.2) is 23.8 Å². The summed E-state index contributed by atoms with van der Waals surface area (Å²) >= 11 is 0. The van der Waals surface area contributed by atoms with Crippen LogP contribution in [0.25, 0.3) is 0 Å². The van der Waals surface area contributed by atoms with E-state index in [2.05, 4.69) is 0 Å². The van der Waals surface area contributed by atoms with Gasteiger partial charge in [-0.15, -0.1) is 0 Å². The molecule has 2 aliphatic rings. The molecule has 4 heteroatoms. The van der Waals surface area contributed by atoms with Crippen molar-refractivity contribution in [3.05, 3.63) is 23.8 Å². The Hall–Kier alpha value is -1.26. The van der Waals surface area contributed by atoms with Gasteiger partial charge in [0, 0.05) is 5.57 Å². The largest absolute Gasteiger partial charge is 0.348 e. The van der Waals surface area contributed by atoms with Gasteiger partial charge in [-0.05, 0) is 51.8 Å². The van der Waals surface area contributed by atoms with E-state index in [1.807, 2.05) is 20.8 Å². The summed E-state index contributed by atoms with van der Waals surface area (Å²) in [4.78, 5) is 22.8. The highest BCUT2D eigenvalue weighted by Gasteiger charge is 2.41. The van der Waals surface area contributed by atoms with Gasteiger partial charge >= 0.3 is 0 Å². The molecule has 1 aliphatic carbocycles. The third kappa shape index (κ3) is 2.94. The summed E-state index contributed by atoms with van der Waals surface area (Å²) in [6, 6.07) is 0. The number of hydrogen-bond acceptors (Lipinski definition) is 4. The predicted molar refractivity (Wildman–Crippen MR) is 66.0 cm³/mol. The lowest BCUT2D eigenvalue weighted by atomic mass is 9.93. The Morgan fingerprint density at radius 3 is 2.56 bits per heavy atom. The van der Waals surface area contributed by atoms with Crippen molar-refractivity contribution in [2.24, 2.45) is 0 Å². The molecule has 1 fully saturated rings. The fourth-order valence-corrected chi connectivity index (χ4v) is 2.25. The highest BCUT2D eigenvalue weighted by atomic mass is 16.7. The van der Waals surface area contributed by atoms with Gasteiger partial charge in [0.15, 0.2) is 17.4 Å². The molecular formula is C14H18O4. The number of hydrogen-bond donors (Lipinski definition) is 0. The van der Waals surface area contributed by atoms with E-state index >= 15 is 0 Å². The lowest BCUT2D eigenvalue weighted by Crippen LogP contribution is -2.31. The van der Waals surface area contributed by atoms with E-state index in [4.69, 9.17) is 9.47 Å². The van der Waals surface area contributed by atoms with Crippen molar-refractivity contribution in [2.45, 2.75) is 45.0 Å². The first-order valence-corrected chi connectivity index (χ1v) is 6.11. The van der Waals surface area contributed by atoms with E-state index in [0.717, 1.165) is 0 Å². The van der Waals surface area contributed by atoms with Crippen LogP contribution in [0.2, 0.25) is 0 Å². The minimum Gasteiger partial charge on any atom is -0.348 e. The Kier molecular flexibility index (Phi) is 3.25. The number of ketones is 2. The van der Waals surface area contributed by atoms with E-state index in [0.29, 0.717) is 25.0 Å². The summed E-state index contributed by atoms with van der Waals surface area (Å²) in [5.74, 6) is -0.787. The Morgan fingerprint density at radius 1 is 1.22 bits per heavy atom. The maximum absolute atomic E-state index is 11.6. The zero-order chi connectivity index (χ0) is 13.4. The normalized spacial score (nSPS) is 30.7. The molecule has 18 heavy (non-hydrogen) atoms. The van der Waals surface area contributed by atoms with Crippen molar-refractivity contribution < 1.29 is 19.1 Å². The third-order valence-corrected chi connectivity index (χ3v) is 3.17. The summed E-state index contributed by atoms with van der Waals surface area (Å²) in [5, 5.41) is 0. The van der Waals surface area contributed by atoms with Crippen LogP contribution < -0.4 is 0 Å². The Bertz CT molecular complexity index is 445. The second-order valence-electron chi connectivity index (χ2n) is 5.51. The van der Waals surface area contributed by atoms with Crippen molar-refractivity contribution in [1.29, 1.82) is 0 Å². The van der Waals surface area contributed by atoms with Gasteiger partial charge in [-0.25, -0.2) is 0 Å². The highest BCUT2D eigenvalue weighted by molar-refractivity contribution is 6.17. The van der Waals surface area contributed by atoms with Crippen molar-refractivity contribution in [1.82, 2.24) is 0 Å². The second kappa shape index (κ2) is 4.44. The first-order valence-electron chi connectivity index (χ1n) is 6.11. The Balaban J connectivity index is 1.96. The summed E-state index contributed by atoms with van der Waals surface area (Å²) in [5.41, 5.74) is 0.159. The number of ether oxygens (including phenoxy) is 2. The van der Waals surface area contributed by atoms with Crippen LogP contribution in [-0.2, 0) is 19.1 Å². The molecule has 1 unspecified atom stereocenters. The first-order chi connectivity index (χ1) is 8.30. The molecule has 98 valence electrons. The molecule has 0 spiro atoms. The molecule has 4 nitrogen and oxygen atoms in total. The number of allylic oxidation sites excluding steroid dienone is 4. The van der Waals surface area contributed by atoms with Crippen molar-refractivity contribution >= 4 is 11.6 Å². The van der Waals surface area contributed by atoms with Crippen molar-refractivity contribution in [3.8, 4) is 0 Å². The number of rotatable bonds is 3. The quantitative estimate of drug-likeness (QED) is 0.718. The van der Waals surface area contributed by atoms with E-state index in [1.54, 1.807) is 0 Å². The van der Waals surface area contributed by atoms with Crippen LogP contribution in [0.4, 0.5) is 0 Å². The molecule has 0 aromatic carbocycles. The van der Waals surface area contributed by atoms with Crippen LogP contribution in [0.3, 0.4) is 0 Å². The maximum Gasteiger partial charge on any atom is 0.182 e. The highest BCUT2D eigenvalue weighted by Crippen LogP contribution is 2.34. The standard InChI is InChI=1S/C14H18O4/c1-13(2)17-9-14(3,18-13)7-6-10-8-11(15)4-5-12(10)16/h4-5,8H,6-7,9H2,1-3H3. The van der Waals surface area contributed by atoms with Gasteiger partial charge in [0.2, 0.25) is 0 Å². The van der Waals surface area contributed by atoms with Gasteiger partial charge in [0.1, 0.15) is 0 Å². The summed E-state index contributed by atoms with van der Waals surface area (Å²) in [7, 11) is 0. The lowest BCUT2D eigenvalue weighted by molar-refractivity contribution is -0.158. The molecule has 0 N–H and O–H groups in total. The molecule has 0 radical (unpaired) electrons. The van der Waals surface area contributed by atoms with E-state index in [-0.39, 0.29) is 11.6 Å². The summed E-state index contributed by atoms with van der Waals surface area (Å²) in [6.45, 7) is 6.21. The topological polar surface area (TPSA) is 52.6 Å². The van der Waals surface area contributed by atoms with Crippen LogP contribution in [0.5, 0.6) is 0 Å². The lowest BCUT2D eigenvalue weighted by Gasteiger charge is -2.25. The summed E-state index contributed by atoms with van der Waals surface area (Å²) in [6.07, 6.45) is 5.23. The monoisotopic (exact) mass is 250 g/mol. The van der Waals surface area contributed by atoms with Gasteiger partial charge in [-0.2, -0.15) is 0 Å². The number of carbonyl (C=O) groups is 2. The second-order valence-corrected chi connectivity index (χ2v) is 5.51. The average Bonchev–Trinajstić information content (AvgIpc) is 2.55. The predicted octanol–water partition coefficient (Wildman–Crippen LogP) is 1.94. The maximum atomic E-state index is 11.6. The van der Waals surface area contributed by atoms with E-state index in [9.17, 15) is 9.59 Å². The smallest absolute Gasteiger partial charge is 0.182 e. The van der Waals surface area contributed by atoms with Gasteiger partial charge in [-0.3, -0.25) is 9.59 Å². The minimum absolute atomic E-state index is 0.0867. The van der Waals surface area contributed by atoms with Gasteiger partial charge < -0.3 is 9.47 Å². The SMILES string of the molecule is CC1(CCC2=CC(=O)C=CC2=O)COC(C)(C)O1. The molecule has 1 saturated heterocycles. The van der Waals surface area contributed by atoms with Crippen molar-refractivity contribution in [3.63, 3.8) is 0 Å².